The van der Waals surface area contributed by atoms with Crippen molar-refractivity contribution in [2.75, 3.05) is 51.9 Å². The Hall–Kier alpha value is -7.26. The van der Waals surface area contributed by atoms with Crippen LogP contribution in [0.3, 0.4) is 0 Å². The van der Waals surface area contributed by atoms with E-state index in [1.165, 1.54) is 54.1 Å². The highest BCUT2D eigenvalue weighted by Gasteiger charge is 2.27. The summed E-state index contributed by atoms with van der Waals surface area (Å²) in [5, 5.41) is 12.1. The highest BCUT2D eigenvalue weighted by Crippen LogP contribution is 2.35. The van der Waals surface area contributed by atoms with Gasteiger partial charge in [-0.25, -0.2) is 23.5 Å². The third kappa shape index (κ3) is 13.4. The van der Waals surface area contributed by atoms with E-state index < -0.39 is 5.97 Å². The second kappa shape index (κ2) is 23.3. The van der Waals surface area contributed by atoms with Crippen molar-refractivity contribution in [3.8, 4) is 34.5 Å². The van der Waals surface area contributed by atoms with Crippen molar-refractivity contribution in [1.29, 1.82) is 0 Å². The Morgan fingerprint density at radius 1 is 0.625 bits per heavy atom. The number of piperidine rings is 2. The minimum atomic E-state index is -0.988. The zero-order valence-corrected chi connectivity index (χ0v) is 35.0. The number of anilines is 2. The molecular formula is C49H54F2N6O7. The molecule has 0 aliphatic carbocycles. The van der Waals surface area contributed by atoms with Gasteiger partial charge in [0.25, 0.3) is 5.91 Å². The Labute approximate surface area is 372 Å². The van der Waals surface area contributed by atoms with Crippen molar-refractivity contribution >= 4 is 23.5 Å². The first-order valence-corrected chi connectivity index (χ1v) is 20.4. The maximum atomic E-state index is 13.0. The SMILES string of the molecule is C.COc1cc(N)ncc1C1CCN(C(=O)c2ccc(Oc3ccc(F)cc3)cc2)CC1.COc1cc(N)ncc1C1CCNCC1.O=C(O)c1ccc(Oc2ccc(F)cc2)cc1. The number of amides is 1. The van der Waals surface area contributed by atoms with E-state index >= 15 is 0 Å². The van der Waals surface area contributed by atoms with E-state index in [0.29, 0.717) is 59.2 Å². The van der Waals surface area contributed by atoms with Crippen molar-refractivity contribution in [2.24, 2.45) is 0 Å². The van der Waals surface area contributed by atoms with Crippen molar-refractivity contribution in [1.82, 2.24) is 20.2 Å². The van der Waals surface area contributed by atoms with Gasteiger partial charge >= 0.3 is 5.97 Å². The van der Waals surface area contributed by atoms with Crippen LogP contribution in [0, 0.1) is 11.6 Å². The quantitative estimate of drug-likeness (QED) is 0.102. The number of nitrogens with one attached hydrogen (secondary N) is 1. The third-order valence-corrected chi connectivity index (χ3v) is 10.6. The maximum Gasteiger partial charge on any atom is 0.335 e. The van der Waals surface area contributed by atoms with Crippen molar-refractivity contribution in [3.05, 3.63) is 155 Å². The number of rotatable bonds is 10. The van der Waals surface area contributed by atoms with Crippen LogP contribution in [-0.2, 0) is 0 Å². The molecule has 0 bridgehead atoms. The lowest BCUT2D eigenvalue weighted by molar-refractivity contribution is 0.0692. The van der Waals surface area contributed by atoms with Gasteiger partial charge in [0.1, 0.15) is 57.8 Å². The summed E-state index contributed by atoms with van der Waals surface area (Å²) in [5.74, 6) is 3.87. The number of hydrogen-bond donors (Lipinski definition) is 4. The number of carboxylic acids is 1. The van der Waals surface area contributed by atoms with Gasteiger partial charge in [0.05, 0.1) is 19.8 Å². The van der Waals surface area contributed by atoms with Gasteiger partial charge in [0, 0.05) is 54.3 Å². The van der Waals surface area contributed by atoms with Crippen LogP contribution in [0.1, 0.15) is 76.8 Å². The van der Waals surface area contributed by atoms with E-state index in [9.17, 15) is 18.4 Å². The number of carbonyl (C=O) groups is 2. The maximum absolute atomic E-state index is 13.0. The fourth-order valence-electron chi connectivity index (χ4n) is 7.21. The Morgan fingerprint density at radius 2 is 1.00 bits per heavy atom. The summed E-state index contributed by atoms with van der Waals surface area (Å²) in [7, 11) is 3.31. The van der Waals surface area contributed by atoms with Crippen LogP contribution in [-0.4, -0.2) is 72.2 Å². The predicted molar refractivity (Wildman–Crippen MR) is 243 cm³/mol. The number of carboxylic acid groups (broad SMARTS) is 1. The molecule has 0 atom stereocenters. The van der Waals surface area contributed by atoms with Crippen LogP contribution >= 0.6 is 0 Å². The number of aromatic carboxylic acids is 1. The molecule has 6 aromatic rings. The molecule has 4 heterocycles. The Kier molecular flexibility index (Phi) is 17.4. The van der Waals surface area contributed by atoms with Gasteiger partial charge in [-0.15, -0.1) is 0 Å². The normalized spacial score (nSPS) is 13.7. The first kappa shape index (κ1) is 47.8. The second-order valence-electron chi connectivity index (χ2n) is 14.8. The van der Waals surface area contributed by atoms with E-state index in [1.54, 1.807) is 81.1 Å². The molecule has 64 heavy (non-hydrogen) atoms. The molecule has 6 N–H and O–H groups in total. The molecular weight excluding hydrogens is 823 g/mol. The van der Waals surface area contributed by atoms with Crippen molar-refractivity contribution < 1.29 is 42.4 Å². The minimum absolute atomic E-state index is 0. The van der Waals surface area contributed by atoms with Gasteiger partial charge in [0.15, 0.2) is 0 Å². The summed E-state index contributed by atoms with van der Waals surface area (Å²) in [4.78, 5) is 33.7. The average Bonchev–Trinajstić information content (AvgIpc) is 3.31. The Morgan fingerprint density at radius 3 is 1.39 bits per heavy atom. The molecule has 2 aliphatic heterocycles. The Bertz CT molecular complexity index is 2410. The predicted octanol–water partition coefficient (Wildman–Crippen LogP) is 9.72. The summed E-state index contributed by atoms with van der Waals surface area (Å²) < 4.78 is 47.5. The summed E-state index contributed by atoms with van der Waals surface area (Å²) in [6, 6.07) is 27.9. The van der Waals surface area contributed by atoms with Crippen LogP contribution in [0.4, 0.5) is 20.4 Å². The number of halogens is 2. The first-order chi connectivity index (χ1) is 30.5. The van der Waals surface area contributed by atoms with Gasteiger partial charge < -0.3 is 45.7 Å². The van der Waals surface area contributed by atoms with Crippen LogP contribution < -0.4 is 35.7 Å². The van der Waals surface area contributed by atoms with Crippen LogP contribution in [0.15, 0.2) is 122 Å². The molecule has 0 spiro atoms. The number of likely N-dealkylation sites (tertiary alicyclic amines) is 1. The molecule has 4 aromatic carbocycles. The van der Waals surface area contributed by atoms with E-state index in [1.807, 2.05) is 11.1 Å². The number of methoxy groups -OCH3 is 2. The summed E-state index contributed by atoms with van der Waals surface area (Å²) >= 11 is 0. The minimum Gasteiger partial charge on any atom is -0.496 e. The molecule has 2 saturated heterocycles. The number of ether oxygens (including phenoxy) is 4. The van der Waals surface area contributed by atoms with Gasteiger partial charge in [-0.3, -0.25) is 4.79 Å². The fourth-order valence-corrected chi connectivity index (χ4v) is 7.21. The van der Waals surface area contributed by atoms with E-state index in [0.717, 1.165) is 55.8 Å². The van der Waals surface area contributed by atoms with E-state index in [2.05, 4.69) is 15.3 Å². The standard InChI is InChI=1S/C24H24FN3O3.C13H9FO3.C11H17N3O.CH4/c1-30-22-14-23(26)27-15-21(22)16-10-12-28(13-11-16)24(29)17-2-6-19(7-3-17)31-20-8-4-18(25)5-9-20;14-10-3-7-12(8-4-10)17-11-5-1-9(2-6-11)13(15)16;1-15-10-6-11(12)14-7-9(10)8-2-4-13-5-3-8;/h2-9,14-16H,10-13H2,1H3,(H2,26,27);1-8H,(H,15,16);6-8,13H,2-5H2,1H3,(H2,12,14);1H4. The number of benzene rings is 4. The second-order valence-corrected chi connectivity index (χ2v) is 14.8. The summed E-state index contributed by atoms with van der Waals surface area (Å²) in [5.41, 5.74) is 14.4. The van der Waals surface area contributed by atoms with E-state index in [-0.39, 0.29) is 36.4 Å². The van der Waals surface area contributed by atoms with Crippen LogP contribution in [0.25, 0.3) is 0 Å². The number of carbonyl (C=O) groups excluding carboxylic acids is 1. The zero-order valence-electron chi connectivity index (χ0n) is 35.0. The molecule has 15 heteroatoms. The number of aromatic nitrogens is 2. The molecule has 2 aliphatic rings. The smallest absolute Gasteiger partial charge is 0.335 e. The molecule has 0 radical (unpaired) electrons. The van der Waals surface area contributed by atoms with Crippen molar-refractivity contribution in [3.63, 3.8) is 0 Å². The van der Waals surface area contributed by atoms with E-state index in [4.69, 9.17) is 35.5 Å². The molecule has 13 nitrogen and oxygen atoms in total. The topological polar surface area (TPSA) is 184 Å². The molecule has 8 rings (SSSR count). The third-order valence-electron chi connectivity index (χ3n) is 10.6. The molecule has 0 saturated carbocycles. The van der Waals surface area contributed by atoms with Crippen LogP contribution in [0.2, 0.25) is 0 Å². The summed E-state index contributed by atoms with van der Waals surface area (Å²) in [6.07, 6.45) is 7.57. The lowest BCUT2D eigenvalue weighted by atomic mass is 9.89. The van der Waals surface area contributed by atoms with Gasteiger partial charge in [-0.2, -0.15) is 0 Å². The number of nitrogen functional groups attached to an aromatic ring is 2. The fraction of sp³-hybridized carbons (Fsp3) is 0.265. The highest BCUT2D eigenvalue weighted by molar-refractivity contribution is 5.94. The number of hydrogen-bond acceptors (Lipinski definition) is 11. The highest BCUT2D eigenvalue weighted by atomic mass is 19.1. The summed E-state index contributed by atoms with van der Waals surface area (Å²) in [6.45, 7) is 3.45. The average molecular weight is 877 g/mol. The van der Waals surface area contributed by atoms with Gasteiger partial charge in [-0.1, -0.05) is 7.43 Å². The monoisotopic (exact) mass is 876 g/mol. The molecule has 2 fully saturated rings. The lowest BCUT2D eigenvalue weighted by Crippen LogP contribution is -2.38. The first-order valence-electron chi connectivity index (χ1n) is 20.4. The Balaban J connectivity index is 0.000000197. The molecule has 2 aromatic heterocycles. The number of pyridine rings is 2. The molecule has 0 unspecified atom stereocenters. The van der Waals surface area contributed by atoms with Gasteiger partial charge in [-0.05, 0) is 148 Å². The zero-order chi connectivity index (χ0) is 44.7. The largest absolute Gasteiger partial charge is 0.496 e. The van der Waals surface area contributed by atoms with Crippen LogP contribution in [0.5, 0.6) is 34.5 Å². The molecule has 1 amide bonds. The number of nitrogens with zero attached hydrogens (tertiary/aromatic N) is 3. The van der Waals surface area contributed by atoms with Crippen molar-refractivity contribution in [2.45, 2.75) is 44.9 Å². The lowest BCUT2D eigenvalue weighted by Gasteiger charge is -2.32. The number of nitrogens with two attached hydrogens (primary N) is 2. The molecule has 336 valence electrons. The van der Waals surface area contributed by atoms with Gasteiger partial charge in [0.2, 0.25) is 0 Å².